The van der Waals surface area contributed by atoms with Gasteiger partial charge in [0.1, 0.15) is 35.6 Å². The summed E-state index contributed by atoms with van der Waals surface area (Å²) in [7, 11) is 0. The summed E-state index contributed by atoms with van der Waals surface area (Å²) in [6.07, 6.45) is 3.03. The first-order chi connectivity index (χ1) is 18.6. The first-order valence-electron chi connectivity index (χ1n) is 12.6. The summed E-state index contributed by atoms with van der Waals surface area (Å²) < 4.78 is 25.3. The van der Waals surface area contributed by atoms with Crippen LogP contribution in [0.2, 0.25) is 0 Å². The maximum absolute atomic E-state index is 13.5. The second-order valence-corrected chi connectivity index (χ2v) is 10.6. The van der Waals surface area contributed by atoms with Gasteiger partial charge in [0.05, 0.1) is 5.92 Å². The molecular formula is C29H28FN5O4. The van der Waals surface area contributed by atoms with Gasteiger partial charge in [-0.3, -0.25) is 4.79 Å². The van der Waals surface area contributed by atoms with Crippen LogP contribution < -0.4 is 15.4 Å². The molecule has 2 aliphatic rings. The van der Waals surface area contributed by atoms with Gasteiger partial charge in [0.25, 0.3) is 0 Å². The van der Waals surface area contributed by atoms with Crippen molar-refractivity contribution in [2.24, 2.45) is 10.4 Å². The highest BCUT2D eigenvalue weighted by molar-refractivity contribution is 5.90. The molecule has 200 valence electrons. The lowest BCUT2D eigenvalue weighted by molar-refractivity contribution is -0.122. The molecule has 3 N–H and O–H groups in total. The number of oxazole rings is 1. The fourth-order valence-electron chi connectivity index (χ4n) is 4.62. The Morgan fingerprint density at radius 3 is 2.64 bits per heavy atom. The summed E-state index contributed by atoms with van der Waals surface area (Å²) in [4.78, 5) is 21.6. The number of halogens is 1. The fourth-order valence-corrected chi connectivity index (χ4v) is 4.62. The lowest BCUT2D eigenvalue weighted by Gasteiger charge is -2.30. The molecule has 0 spiro atoms. The minimum Gasteiger partial charge on any atom is -0.495 e. The lowest BCUT2D eigenvalue weighted by Crippen LogP contribution is -2.49. The molecule has 10 heteroatoms. The number of aliphatic imine (C=N–C) groups is 1. The second-order valence-electron chi connectivity index (χ2n) is 10.6. The number of fused-ring (bicyclic) bond motifs is 1. The van der Waals surface area contributed by atoms with Crippen molar-refractivity contribution in [2.75, 3.05) is 5.32 Å². The molecule has 2 aliphatic heterocycles. The number of carbonyl (C=O) groups is 1. The summed E-state index contributed by atoms with van der Waals surface area (Å²) in [5.74, 6) is -0.711. The van der Waals surface area contributed by atoms with Crippen molar-refractivity contribution in [3.8, 4) is 11.8 Å². The van der Waals surface area contributed by atoms with Crippen LogP contribution in [0.3, 0.4) is 0 Å². The van der Waals surface area contributed by atoms with Gasteiger partial charge >= 0.3 is 0 Å². The van der Waals surface area contributed by atoms with Gasteiger partial charge in [0, 0.05) is 17.7 Å². The van der Waals surface area contributed by atoms with Gasteiger partial charge in [-0.2, -0.15) is 10.2 Å². The number of hydrogen-bond donors (Lipinski definition) is 3. The quantitative estimate of drug-likeness (QED) is 0.431. The third kappa shape index (κ3) is 5.62. The Hall–Kier alpha value is -4.65. The fraction of sp³-hybridized carbons (Fsp3) is 0.310. The largest absolute Gasteiger partial charge is 0.495 e. The normalized spacial score (nSPS) is 23.9. The van der Waals surface area contributed by atoms with E-state index >= 15 is 0 Å². The maximum Gasteiger partial charge on any atom is 0.246 e. The number of nitrogens with zero attached hydrogens (tertiary/aromatic N) is 3. The zero-order valence-electron chi connectivity index (χ0n) is 21.7. The Labute approximate surface area is 225 Å². The highest BCUT2D eigenvalue weighted by atomic mass is 19.1. The second kappa shape index (κ2) is 10.3. The minimum absolute atomic E-state index is 0.0251. The highest BCUT2D eigenvalue weighted by Gasteiger charge is 2.36. The molecule has 3 aromatic rings. The molecule has 5 rings (SSSR count). The predicted octanol–water partition coefficient (Wildman–Crippen LogP) is 5.07. The van der Waals surface area contributed by atoms with Crippen molar-refractivity contribution < 1.29 is 23.4 Å². The van der Waals surface area contributed by atoms with Crippen molar-refractivity contribution in [3.05, 3.63) is 83.3 Å². The number of rotatable bonds is 3. The van der Waals surface area contributed by atoms with Crippen molar-refractivity contribution in [3.63, 3.8) is 0 Å². The standard InChI is InChI=1S/C29H28FN5O4/c1-29(2,3)25-26(37)34-22(28-33-19(14-31)15-38-28)13-21-20-12-16(5-11-24(36)35-25)4-10-23(20)39-27(21)32-18-8-6-17(30)7-9-18/h4,6-10,12-13,15,21,25,27,32H,5,11H2,1-3H3,(H,34,37)(H,35,36)/b22-13+/t21?,25?,27-/m1/s1. The van der Waals surface area contributed by atoms with Crippen molar-refractivity contribution in [1.82, 2.24) is 10.3 Å². The zero-order valence-corrected chi connectivity index (χ0v) is 21.7. The van der Waals surface area contributed by atoms with E-state index in [1.165, 1.54) is 18.4 Å². The van der Waals surface area contributed by atoms with Crippen LogP contribution in [0.5, 0.6) is 5.75 Å². The molecule has 0 saturated carbocycles. The molecule has 9 nitrogen and oxygen atoms in total. The van der Waals surface area contributed by atoms with Crippen LogP contribution in [0.1, 0.15) is 55.8 Å². The average Bonchev–Trinajstić information content (AvgIpc) is 3.50. The Bertz CT molecular complexity index is 1500. The number of nitriles is 1. The van der Waals surface area contributed by atoms with Crippen molar-refractivity contribution >= 4 is 23.2 Å². The number of aryl methyl sites for hydroxylation is 1. The predicted molar refractivity (Wildman–Crippen MR) is 143 cm³/mol. The van der Waals surface area contributed by atoms with E-state index in [-0.39, 0.29) is 41.3 Å². The number of carbonyl (C=O) groups excluding carboxylic acids is 1. The Morgan fingerprint density at radius 1 is 1.18 bits per heavy atom. The van der Waals surface area contributed by atoms with Crippen molar-refractivity contribution in [1.29, 1.82) is 5.26 Å². The molecule has 0 radical (unpaired) electrons. The molecular weight excluding hydrogens is 501 g/mol. The summed E-state index contributed by atoms with van der Waals surface area (Å²) in [6, 6.07) is 12.8. The molecule has 2 bridgehead atoms. The molecule has 39 heavy (non-hydrogen) atoms. The van der Waals surface area contributed by atoms with E-state index in [1.54, 1.807) is 18.2 Å². The van der Waals surface area contributed by atoms with E-state index in [9.17, 15) is 19.6 Å². The number of nitrogens with one attached hydrogen (secondary N) is 2. The van der Waals surface area contributed by atoms with Crippen LogP contribution in [-0.4, -0.2) is 34.2 Å². The Morgan fingerprint density at radius 2 is 1.95 bits per heavy atom. The van der Waals surface area contributed by atoms with E-state index in [4.69, 9.17) is 9.15 Å². The number of ether oxygens (including phenoxy) is 1. The van der Waals surface area contributed by atoms with E-state index in [0.29, 0.717) is 17.9 Å². The molecule has 2 aromatic carbocycles. The molecule has 3 atom stereocenters. The van der Waals surface area contributed by atoms with Gasteiger partial charge < -0.3 is 24.9 Å². The number of aliphatic hydroxyl groups excluding tert-OH is 1. The van der Waals surface area contributed by atoms with Gasteiger partial charge in [-0.1, -0.05) is 32.9 Å². The van der Waals surface area contributed by atoms with Gasteiger partial charge in [-0.15, -0.1) is 0 Å². The van der Waals surface area contributed by atoms with Crippen LogP contribution in [0.4, 0.5) is 10.1 Å². The molecule has 0 aliphatic carbocycles. The molecule has 0 fully saturated rings. The van der Waals surface area contributed by atoms with Gasteiger partial charge in [0.15, 0.2) is 11.9 Å². The summed E-state index contributed by atoms with van der Waals surface area (Å²) >= 11 is 0. The SMILES string of the molecule is CC(C)(C)C1NC(=O)CCc2ccc3c(c2)C(/C=C(c2nc(C#N)co2)/N=C/1O)[C@H](Nc1ccc(F)cc1)O3. The van der Waals surface area contributed by atoms with Crippen LogP contribution in [0, 0.1) is 22.6 Å². The minimum atomic E-state index is -0.800. The van der Waals surface area contributed by atoms with Crippen molar-refractivity contribution in [2.45, 2.75) is 51.8 Å². The molecule has 3 heterocycles. The van der Waals surface area contributed by atoms with E-state index < -0.39 is 23.6 Å². The smallest absolute Gasteiger partial charge is 0.246 e. The lowest BCUT2D eigenvalue weighted by atomic mass is 9.86. The van der Waals surface area contributed by atoms with E-state index in [0.717, 1.165) is 11.1 Å². The van der Waals surface area contributed by atoms with Crippen LogP contribution >= 0.6 is 0 Å². The molecule has 2 unspecified atom stereocenters. The van der Waals surface area contributed by atoms with Gasteiger partial charge in [-0.25, -0.2) is 9.38 Å². The number of anilines is 1. The number of aromatic nitrogens is 1. The molecule has 1 aromatic heterocycles. The highest BCUT2D eigenvalue weighted by Crippen LogP contribution is 2.42. The van der Waals surface area contributed by atoms with E-state index in [2.05, 4.69) is 20.6 Å². The third-order valence-corrected chi connectivity index (χ3v) is 6.65. The van der Waals surface area contributed by atoms with Crippen LogP contribution in [0.25, 0.3) is 5.70 Å². The topological polar surface area (TPSA) is 133 Å². The first-order valence-corrected chi connectivity index (χ1v) is 12.6. The number of benzene rings is 2. The number of hydrogen-bond acceptors (Lipinski definition) is 7. The molecule has 1 amide bonds. The van der Waals surface area contributed by atoms with Crippen LogP contribution in [-0.2, 0) is 11.2 Å². The van der Waals surface area contributed by atoms with E-state index in [1.807, 2.05) is 45.0 Å². The Kier molecular flexibility index (Phi) is 6.83. The average molecular weight is 530 g/mol. The summed E-state index contributed by atoms with van der Waals surface area (Å²) in [6.45, 7) is 5.65. The monoisotopic (exact) mass is 529 g/mol. The van der Waals surface area contributed by atoms with Gasteiger partial charge in [-0.05, 0) is 53.8 Å². The summed E-state index contributed by atoms with van der Waals surface area (Å²) in [5, 5.41) is 26.7. The third-order valence-electron chi connectivity index (χ3n) is 6.65. The Balaban J connectivity index is 1.67. The first kappa shape index (κ1) is 26.0. The zero-order chi connectivity index (χ0) is 27.7. The number of aliphatic hydroxyl groups is 1. The molecule has 0 saturated heterocycles. The maximum atomic E-state index is 13.5. The number of amides is 1. The summed E-state index contributed by atoms with van der Waals surface area (Å²) in [5.41, 5.74) is 2.05. The van der Waals surface area contributed by atoms with Crippen LogP contribution in [0.15, 0.2) is 64.2 Å². The van der Waals surface area contributed by atoms with Gasteiger partial charge in [0.2, 0.25) is 17.7 Å².